The maximum atomic E-state index is 4.99. The monoisotopic (exact) mass is 427 g/mol. The quantitative estimate of drug-likeness (QED) is 0.770. The van der Waals surface area contributed by atoms with Gasteiger partial charge in [0, 0.05) is 29.3 Å². The van der Waals surface area contributed by atoms with Crippen LogP contribution in [0.3, 0.4) is 0 Å². The van der Waals surface area contributed by atoms with Gasteiger partial charge in [-0.05, 0) is 52.0 Å². The molecule has 8 heteroatoms. The average molecular weight is 428 g/mol. The minimum absolute atomic E-state index is 0. The summed E-state index contributed by atoms with van der Waals surface area (Å²) in [6.45, 7) is 4.15. The summed E-state index contributed by atoms with van der Waals surface area (Å²) < 4.78 is 0. The fraction of sp³-hybridized carbons (Fsp3) is 0.632. The van der Waals surface area contributed by atoms with Crippen molar-refractivity contribution in [3.8, 4) is 0 Å². The van der Waals surface area contributed by atoms with Gasteiger partial charge in [-0.1, -0.05) is 0 Å². The SMILES string of the molecule is Cc1nc2c(s1)CCCC2Nc1nc(C2CC2)nc2c1CCNCC2.Cl.Cl. The maximum absolute atomic E-state index is 4.99. The summed E-state index contributed by atoms with van der Waals surface area (Å²) >= 11 is 1.86. The van der Waals surface area contributed by atoms with Crippen molar-refractivity contribution in [1.82, 2.24) is 20.3 Å². The largest absolute Gasteiger partial charge is 0.361 e. The van der Waals surface area contributed by atoms with Crippen molar-refractivity contribution in [2.24, 2.45) is 0 Å². The van der Waals surface area contributed by atoms with E-state index in [1.165, 1.54) is 52.5 Å². The number of aromatic nitrogens is 3. The second-order valence-electron chi connectivity index (χ2n) is 7.51. The van der Waals surface area contributed by atoms with Crippen LogP contribution in [0.15, 0.2) is 0 Å². The molecule has 1 saturated carbocycles. The van der Waals surface area contributed by atoms with Crippen LogP contribution in [0.1, 0.15) is 70.3 Å². The zero-order valence-corrected chi connectivity index (χ0v) is 18.0. The van der Waals surface area contributed by atoms with Crippen LogP contribution in [0.5, 0.6) is 0 Å². The number of rotatable bonds is 3. The van der Waals surface area contributed by atoms with Gasteiger partial charge < -0.3 is 10.6 Å². The van der Waals surface area contributed by atoms with E-state index >= 15 is 0 Å². The van der Waals surface area contributed by atoms with Crippen molar-refractivity contribution in [3.05, 3.63) is 32.7 Å². The van der Waals surface area contributed by atoms with E-state index in [4.69, 9.17) is 15.0 Å². The minimum atomic E-state index is 0. The van der Waals surface area contributed by atoms with Crippen molar-refractivity contribution < 1.29 is 0 Å². The summed E-state index contributed by atoms with van der Waals surface area (Å²) in [6.07, 6.45) is 8.07. The Bertz CT molecular complexity index is 806. The summed E-state index contributed by atoms with van der Waals surface area (Å²) in [4.78, 5) is 16.2. The Morgan fingerprint density at radius 3 is 2.63 bits per heavy atom. The molecule has 0 bridgehead atoms. The third kappa shape index (κ3) is 4.24. The number of thiazole rings is 1. The molecule has 2 aromatic rings. The summed E-state index contributed by atoms with van der Waals surface area (Å²) in [5.41, 5.74) is 3.85. The summed E-state index contributed by atoms with van der Waals surface area (Å²) in [7, 11) is 0. The number of anilines is 1. The number of nitrogens with zero attached hydrogens (tertiary/aromatic N) is 3. The first-order chi connectivity index (χ1) is 12.3. The van der Waals surface area contributed by atoms with E-state index in [2.05, 4.69) is 17.6 Å². The highest BCUT2D eigenvalue weighted by atomic mass is 35.5. The van der Waals surface area contributed by atoms with E-state index in [-0.39, 0.29) is 24.8 Å². The molecule has 3 heterocycles. The van der Waals surface area contributed by atoms with Crippen LogP contribution in [0.2, 0.25) is 0 Å². The molecule has 3 aliphatic rings. The molecule has 2 N–H and O–H groups in total. The number of fused-ring (bicyclic) bond motifs is 2. The van der Waals surface area contributed by atoms with E-state index in [1.54, 1.807) is 0 Å². The van der Waals surface area contributed by atoms with Gasteiger partial charge in [0.25, 0.3) is 0 Å². The number of halogens is 2. The molecule has 27 heavy (non-hydrogen) atoms. The normalized spacial score (nSPS) is 21.1. The minimum Gasteiger partial charge on any atom is -0.361 e. The topological polar surface area (TPSA) is 62.7 Å². The molecule has 1 fully saturated rings. The summed E-state index contributed by atoms with van der Waals surface area (Å²) in [5.74, 6) is 2.73. The van der Waals surface area contributed by atoms with Crippen molar-refractivity contribution in [1.29, 1.82) is 0 Å². The van der Waals surface area contributed by atoms with Crippen LogP contribution in [-0.2, 0) is 19.3 Å². The Kier molecular flexibility index (Phi) is 6.62. The van der Waals surface area contributed by atoms with Crippen molar-refractivity contribution in [2.75, 3.05) is 18.4 Å². The van der Waals surface area contributed by atoms with E-state index in [0.29, 0.717) is 12.0 Å². The second kappa shape index (κ2) is 8.60. The van der Waals surface area contributed by atoms with Gasteiger partial charge in [-0.15, -0.1) is 36.2 Å². The van der Waals surface area contributed by atoms with Gasteiger partial charge in [-0.2, -0.15) is 0 Å². The fourth-order valence-electron chi connectivity index (χ4n) is 4.05. The number of aryl methyl sites for hydroxylation is 2. The van der Waals surface area contributed by atoms with Gasteiger partial charge in [0.15, 0.2) is 0 Å². The number of nitrogens with one attached hydrogen (secondary N) is 2. The highest BCUT2D eigenvalue weighted by Gasteiger charge is 2.30. The van der Waals surface area contributed by atoms with Crippen LogP contribution in [0, 0.1) is 6.92 Å². The summed E-state index contributed by atoms with van der Waals surface area (Å²) in [5, 5.41) is 8.48. The first kappa shape index (κ1) is 20.8. The first-order valence-corrected chi connectivity index (χ1v) is 10.4. The Hall–Kier alpha value is -0.950. The lowest BCUT2D eigenvalue weighted by Gasteiger charge is -2.25. The fourth-order valence-corrected chi connectivity index (χ4v) is 5.09. The second-order valence-corrected chi connectivity index (χ2v) is 8.80. The van der Waals surface area contributed by atoms with Crippen LogP contribution in [0.25, 0.3) is 0 Å². The molecule has 5 rings (SSSR count). The van der Waals surface area contributed by atoms with E-state index in [0.717, 1.165) is 44.0 Å². The predicted molar refractivity (Wildman–Crippen MR) is 115 cm³/mol. The van der Waals surface area contributed by atoms with Crippen molar-refractivity contribution in [2.45, 2.75) is 63.8 Å². The number of hydrogen-bond acceptors (Lipinski definition) is 6. The molecular weight excluding hydrogens is 401 g/mol. The highest BCUT2D eigenvalue weighted by Crippen LogP contribution is 2.40. The van der Waals surface area contributed by atoms with E-state index in [1.807, 2.05) is 11.3 Å². The zero-order valence-electron chi connectivity index (χ0n) is 15.6. The summed E-state index contributed by atoms with van der Waals surface area (Å²) in [6, 6.07) is 0.302. The van der Waals surface area contributed by atoms with Gasteiger partial charge in [-0.3, -0.25) is 0 Å². The molecule has 0 radical (unpaired) electrons. The Morgan fingerprint density at radius 2 is 1.81 bits per heavy atom. The molecular formula is C19H27Cl2N5S. The molecule has 2 aliphatic carbocycles. The molecule has 1 unspecified atom stereocenters. The van der Waals surface area contributed by atoms with Gasteiger partial charge in [0.1, 0.15) is 11.6 Å². The first-order valence-electron chi connectivity index (χ1n) is 9.61. The van der Waals surface area contributed by atoms with Gasteiger partial charge in [-0.25, -0.2) is 15.0 Å². The van der Waals surface area contributed by atoms with Gasteiger partial charge in [0.2, 0.25) is 0 Å². The molecule has 0 spiro atoms. The Morgan fingerprint density at radius 1 is 1.00 bits per heavy atom. The van der Waals surface area contributed by atoms with E-state index in [9.17, 15) is 0 Å². The molecule has 2 aromatic heterocycles. The van der Waals surface area contributed by atoms with Gasteiger partial charge >= 0.3 is 0 Å². The molecule has 0 saturated heterocycles. The lowest BCUT2D eigenvalue weighted by molar-refractivity contribution is 0.589. The average Bonchev–Trinajstić information content (AvgIpc) is 3.40. The molecule has 1 atom stereocenters. The smallest absolute Gasteiger partial charge is 0.134 e. The number of hydrogen-bond donors (Lipinski definition) is 2. The standard InChI is InChI=1S/C19H25N5S.2ClH/c1-11-21-17-15(3-2-4-16(17)25-11)23-19-13-7-9-20-10-8-14(13)22-18(24-19)12-5-6-12;;/h12,15,20H,2-10H2,1H3,(H,22,23,24);2*1H. The van der Waals surface area contributed by atoms with Crippen LogP contribution in [-0.4, -0.2) is 28.0 Å². The molecule has 5 nitrogen and oxygen atoms in total. The van der Waals surface area contributed by atoms with Crippen LogP contribution < -0.4 is 10.6 Å². The Balaban J connectivity index is 0.00000105. The third-order valence-corrected chi connectivity index (χ3v) is 6.56. The molecule has 1 aliphatic heterocycles. The zero-order chi connectivity index (χ0) is 16.8. The van der Waals surface area contributed by atoms with Crippen LogP contribution >= 0.6 is 36.2 Å². The molecule has 0 amide bonds. The molecule has 148 valence electrons. The van der Waals surface area contributed by atoms with E-state index < -0.39 is 0 Å². The van der Waals surface area contributed by atoms with Crippen molar-refractivity contribution in [3.63, 3.8) is 0 Å². The lowest BCUT2D eigenvalue weighted by Crippen LogP contribution is -2.20. The Labute approximate surface area is 177 Å². The highest BCUT2D eigenvalue weighted by molar-refractivity contribution is 7.11. The van der Waals surface area contributed by atoms with Crippen molar-refractivity contribution >= 4 is 42.0 Å². The molecule has 0 aromatic carbocycles. The lowest BCUT2D eigenvalue weighted by atomic mass is 9.97. The van der Waals surface area contributed by atoms with Crippen LogP contribution in [0.4, 0.5) is 5.82 Å². The predicted octanol–water partition coefficient (Wildman–Crippen LogP) is 4.14. The third-order valence-electron chi connectivity index (χ3n) is 5.52. The van der Waals surface area contributed by atoms with Gasteiger partial charge in [0.05, 0.1) is 22.4 Å². The maximum Gasteiger partial charge on any atom is 0.134 e.